The van der Waals surface area contributed by atoms with Crippen LogP contribution in [0.2, 0.25) is 10.0 Å². The molecule has 174 valence electrons. The number of benzene rings is 2. The van der Waals surface area contributed by atoms with Crippen molar-refractivity contribution in [2.75, 3.05) is 32.1 Å². The molecule has 0 atom stereocenters. The number of nitrogens with one attached hydrogen (secondary N) is 3. The number of hydrogen-bond donors (Lipinski definition) is 3. The Morgan fingerprint density at radius 3 is 2.30 bits per heavy atom. The summed E-state index contributed by atoms with van der Waals surface area (Å²) in [5, 5.41) is 7.50. The average molecular weight is 496 g/mol. The van der Waals surface area contributed by atoms with E-state index < -0.39 is 49.4 Å². The van der Waals surface area contributed by atoms with Gasteiger partial charge in [-0.15, -0.1) is 0 Å². The lowest BCUT2D eigenvalue weighted by atomic mass is 10.2. The molecule has 0 aromatic heterocycles. The van der Waals surface area contributed by atoms with E-state index in [0.717, 1.165) is 0 Å². The molecule has 12 heteroatoms. The number of amides is 3. The topological polar surface area (TPSA) is 140 Å². The van der Waals surface area contributed by atoms with Gasteiger partial charge in [0.1, 0.15) is 6.54 Å². The maximum atomic E-state index is 12.0. The van der Waals surface area contributed by atoms with E-state index in [-0.39, 0.29) is 21.8 Å². The summed E-state index contributed by atoms with van der Waals surface area (Å²) in [6.45, 7) is -1.59. The molecular formula is C21H19Cl2N3O7. The number of rotatable bonds is 9. The molecular weight excluding hydrogens is 477 g/mol. The Balaban J connectivity index is 1.72. The van der Waals surface area contributed by atoms with Crippen molar-refractivity contribution < 1.29 is 33.4 Å². The molecule has 3 amide bonds. The number of ether oxygens (including phenoxy) is 2. The third-order valence-corrected chi connectivity index (χ3v) is 4.53. The minimum Gasteiger partial charge on any atom is -0.465 e. The molecule has 0 aliphatic rings. The fourth-order valence-corrected chi connectivity index (χ4v) is 2.92. The molecule has 33 heavy (non-hydrogen) atoms. The van der Waals surface area contributed by atoms with Crippen LogP contribution in [-0.2, 0) is 23.9 Å². The van der Waals surface area contributed by atoms with Crippen LogP contribution in [0.5, 0.6) is 0 Å². The molecule has 0 radical (unpaired) electrons. The van der Waals surface area contributed by atoms with Crippen LogP contribution in [0.4, 0.5) is 5.69 Å². The Bertz CT molecular complexity index is 1080. The second-order valence-corrected chi connectivity index (χ2v) is 7.17. The van der Waals surface area contributed by atoms with Crippen molar-refractivity contribution in [3.8, 4) is 0 Å². The predicted octanol–water partition coefficient (Wildman–Crippen LogP) is 1.81. The van der Waals surface area contributed by atoms with E-state index in [0.29, 0.717) is 5.02 Å². The van der Waals surface area contributed by atoms with Gasteiger partial charge < -0.3 is 25.4 Å². The van der Waals surface area contributed by atoms with Crippen LogP contribution in [-0.4, -0.2) is 56.5 Å². The van der Waals surface area contributed by atoms with Crippen molar-refractivity contribution >= 4 is 58.5 Å². The van der Waals surface area contributed by atoms with E-state index >= 15 is 0 Å². The van der Waals surface area contributed by atoms with Crippen molar-refractivity contribution in [2.24, 2.45) is 0 Å². The van der Waals surface area contributed by atoms with Crippen LogP contribution < -0.4 is 16.0 Å². The molecule has 0 unspecified atom stereocenters. The first-order valence-electron chi connectivity index (χ1n) is 9.34. The van der Waals surface area contributed by atoms with Gasteiger partial charge >= 0.3 is 11.9 Å². The first kappa shape index (κ1) is 25.6. The van der Waals surface area contributed by atoms with Gasteiger partial charge in [0, 0.05) is 5.02 Å². The summed E-state index contributed by atoms with van der Waals surface area (Å²) in [5.74, 6) is -3.49. The van der Waals surface area contributed by atoms with Crippen LogP contribution in [0, 0.1) is 0 Å². The molecule has 2 aromatic rings. The van der Waals surface area contributed by atoms with Crippen molar-refractivity contribution in [1.29, 1.82) is 0 Å². The maximum absolute atomic E-state index is 12.0. The molecule has 0 saturated heterocycles. The van der Waals surface area contributed by atoms with Crippen LogP contribution in [0.1, 0.15) is 20.7 Å². The van der Waals surface area contributed by atoms with Crippen molar-refractivity contribution in [3.63, 3.8) is 0 Å². The number of anilines is 1. The fraction of sp³-hybridized carbons (Fsp3) is 0.190. The molecule has 0 bridgehead atoms. The smallest absolute Gasteiger partial charge is 0.339 e. The van der Waals surface area contributed by atoms with E-state index in [1.54, 1.807) is 12.1 Å². The van der Waals surface area contributed by atoms with E-state index in [1.807, 2.05) is 0 Å². The Hall–Kier alpha value is -3.63. The van der Waals surface area contributed by atoms with Gasteiger partial charge in [0.15, 0.2) is 6.61 Å². The number of halogens is 2. The number of hydrogen-bond acceptors (Lipinski definition) is 7. The number of esters is 2. The largest absolute Gasteiger partial charge is 0.465 e. The van der Waals surface area contributed by atoms with Crippen LogP contribution in [0.15, 0.2) is 42.5 Å². The quantitative estimate of drug-likeness (QED) is 0.450. The van der Waals surface area contributed by atoms with Gasteiger partial charge in [-0.05, 0) is 30.3 Å². The summed E-state index contributed by atoms with van der Waals surface area (Å²) >= 11 is 11.7. The molecule has 2 rings (SSSR count). The second kappa shape index (κ2) is 12.4. The Labute approximate surface area is 198 Å². The SMILES string of the molecule is COC(=O)c1ccccc1NC(=O)COC(=O)CNC(=O)CNC(=O)c1ccc(Cl)cc1Cl. The molecule has 0 spiro atoms. The summed E-state index contributed by atoms with van der Waals surface area (Å²) in [4.78, 5) is 59.3. The highest BCUT2D eigenvalue weighted by Crippen LogP contribution is 2.20. The van der Waals surface area contributed by atoms with Crippen molar-refractivity contribution in [1.82, 2.24) is 10.6 Å². The lowest BCUT2D eigenvalue weighted by Crippen LogP contribution is -2.39. The van der Waals surface area contributed by atoms with Gasteiger partial charge in [-0.1, -0.05) is 35.3 Å². The zero-order chi connectivity index (χ0) is 24.4. The van der Waals surface area contributed by atoms with Gasteiger partial charge in [-0.2, -0.15) is 0 Å². The summed E-state index contributed by atoms with van der Waals surface area (Å²) in [6, 6.07) is 10.4. The molecule has 2 aromatic carbocycles. The van der Waals surface area contributed by atoms with E-state index in [9.17, 15) is 24.0 Å². The highest BCUT2D eigenvalue weighted by Gasteiger charge is 2.16. The lowest BCUT2D eigenvalue weighted by molar-refractivity contribution is -0.147. The van der Waals surface area contributed by atoms with Gasteiger partial charge in [-0.25, -0.2) is 4.79 Å². The van der Waals surface area contributed by atoms with Crippen molar-refractivity contribution in [3.05, 3.63) is 63.6 Å². The molecule has 0 aliphatic carbocycles. The molecule has 3 N–H and O–H groups in total. The van der Waals surface area contributed by atoms with E-state index in [1.165, 1.54) is 37.4 Å². The first-order chi connectivity index (χ1) is 15.7. The zero-order valence-corrected chi connectivity index (χ0v) is 18.8. The summed E-state index contributed by atoms with van der Waals surface area (Å²) in [5.41, 5.74) is 0.456. The standard InChI is InChI=1S/C21H19Cl2N3O7/c1-32-21(31)14-4-2-3-5-16(14)26-18(28)11-33-19(29)10-24-17(27)9-25-20(30)13-7-6-12(22)8-15(13)23/h2-8H,9-11H2,1H3,(H,24,27)(H,25,30)(H,26,28). The number of carbonyl (C=O) groups excluding carboxylic acids is 5. The summed E-state index contributed by atoms with van der Waals surface area (Å²) in [7, 11) is 1.20. The van der Waals surface area contributed by atoms with Crippen molar-refractivity contribution in [2.45, 2.75) is 0 Å². The maximum Gasteiger partial charge on any atom is 0.339 e. The average Bonchev–Trinajstić information content (AvgIpc) is 2.79. The Morgan fingerprint density at radius 1 is 0.879 bits per heavy atom. The Kier molecular flexibility index (Phi) is 9.64. The third-order valence-electron chi connectivity index (χ3n) is 3.99. The first-order valence-corrected chi connectivity index (χ1v) is 10.1. The highest BCUT2D eigenvalue weighted by molar-refractivity contribution is 6.36. The normalized spacial score (nSPS) is 10.0. The van der Waals surface area contributed by atoms with Gasteiger partial charge in [0.05, 0.1) is 35.5 Å². The number of carbonyl (C=O) groups is 5. The van der Waals surface area contributed by atoms with Crippen LogP contribution in [0.25, 0.3) is 0 Å². The molecule has 10 nitrogen and oxygen atoms in total. The predicted molar refractivity (Wildman–Crippen MR) is 119 cm³/mol. The highest BCUT2D eigenvalue weighted by atomic mass is 35.5. The van der Waals surface area contributed by atoms with Crippen LogP contribution >= 0.6 is 23.2 Å². The zero-order valence-electron chi connectivity index (χ0n) is 17.3. The third kappa shape index (κ3) is 8.09. The Morgan fingerprint density at radius 2 is 1.61 bits per heavy atom. The van der Waals surface area contributed by atoms with E-state index in [4.69, 9.17) is 27.9 Å². The van der Waals surface area contributed by atoms with Gasteiger partial charge in [0.25, 0.3) is 11.8 Å². The van der Waals surface area contributed by atoms with Crippen LogP contribution in [0.3, 0.4) is 0 Å². The van der Waals surface area contributed by atoms with Gasteiger partial charge in [-0.3, -0.25) is 19.2 Å². The number of methoxy groups -OCH3 is 1. The van der Waals surface area contributed by atoms with Gasteiger partial charge in [0.2, 0.25) is 5.91 Å². The minimum absolute atomic E-state index is 0.122. The lowest BCUT2D eigenvalue weighted by Gasteiger charge is -2.10. The number of para-hydroxylation sites is 1. The summed E-state index contributed by atoms with van der Waals surface area (Å²) in [6.07, 6.45) is 0. The summed E-state index contributed by atoms with van der Waals surface area (Å²) < 4.78 is 9.40. The van der Waals surface area contributed by atoms with E-state index in [2.05, 4.69) is 20.7 Å². The molecule has 0 fully saturated rings. The monoisotopic (exact) mass is 495 g/mol. The minimum atomic E-state index is -0.883. The molecule has 0 heterocycles. The molecule has 0 aliphatic heterocycles. The second-order valence-electron chi connectivity index (χ2n) is 6.33. The molecule has 0 saturated carbocycles. The fourth-order valence-electron chi connectivity index (χ4n) is 2.43.